The quantitative estimate of drug-likeness (QED) is 0.150. The van der Waals surface area contributed by atoms with Crippen molar-refractivity contribution in [3.63, 3.8) is 0 Å². The molecule has 8 heterocycles. The SMILES string of the molecule is CC(=O)c1ccccc1.Cc1ccc(C2OCC3O[C@@H](O[C@H]4CC[C@@]5(C)C(=CC[C@H]6[C@@H]7C[C@@H]8O[C@]9(CC[C@@H](C)CO9)[C@@H](C)[C@@H]8[C@@]7(C)CC[C@@H]65)C4)C(O)[C@@H](C)[C@@H]3O2)cc1.Cc1ccc(C2OCC3O[C@@H](O[C@H]4CC[C@@]5(C)C(=CC[C@H]6[C@@H]7C[C@@H]8O[C@]9(CC[C@@H](C)CO9)[C@@H](C)[C@@H]8[C@@]7(C)CC[C@@H]65)C4)C(O)[C@@H](O)[C@@H]3O2)cc1. The zero-order valence-corrected chi connectivity index (χ0v) is 66.0. The molecule has 16 heteroatoms. The third-order valence-electron chi connectivity index (χ3n) is 32.2. The molecule has 3 aromatic rings. The van der Waals surface area contributed by atoms with Crippen molar-refractivity contribution in [3.05, 3.63) is 130 Å². The van der Waals surface area contributed by atoms with E-state index in [1.54, 1.807) is 12.5 Å². The fraction of sp³-hybridized carbons (Fsp3) is 0.747. The molecule has 3 aromatic carbocycles. The number of fused-ring (bicyclic) bond motifs is 16. The summed E-state index contributed by atoms with van der Waals surface area (Å²) >= 11 is 0. The summed E-state index contributed by atoms with van der Waals surface area (Å²) in [5.74, 6) is 6.90. The molecule has 0 amide bonds. The van der Waals surface area contributed by atoms with Gasteiger partial charge >= 0.3 is 0 Å². The van der Waals surface area contributed by atoms with Crippen LogP contribution in [-0.4, -0.2) is 139 Å². The molecule has 8 aliphatic carbocycles. The number of aryl methyl sites for hydroxylation is 2. The van der Waals surface area contributed by atoms with Crippen LogP contribution in [0.25, 0.3) is 0 Å². The van der Waals surface area contributed by atoms with E-state index in [2.05, 4.69) is 106 Å². The van der Waals surface area contributed by atoms with E-state index >= 15 is 0 Å². The van der Waals surface area contributed by atoms with Crippen LogP contribution < -0.4 is 0 Å². The van der Waals surface area contributed by atoms with Crippen LogP contribution in [0.2, 0.25) is 0 Å². The molecule has 6 unspecified atom stereocenters. The van der Waals surface area contributed by atoms with E-state index in [1.807, 2.05) is 61.5 Å². The fourth-order valence-electron chi connectivity index (χ4n) is 26.0. The zero-order valence-electron chi connectivity index (χ0n) is 66.0. The number of carbonyl (C=O) groups is 1. The molecular weight excluding hydrogens is 1350 g/mol. The van der Waals surface area contributed by atoms with Gasteiger partial charge in [-0.15, -0.1) is 0 Å². The number of aliphatic hydroxyl groups excluding tert-OH is 3. The predicted molar refractivity (Wildman–Crippen MR) is 404 cm³/mol. The second-order valence-corrected chi connectivity index (χ2v) is 38.2. The van der Waals surface area contributed by atoms with Gasteiger partial charge in [0.25, 0.3) is 0 Å². The number of Topliss-reactive ketones (excluding diaryl/α,β-unsaturated/α-hetero) is 1. The lowest BCUT2D eigenvalue weighted by Gasteiger charge is -2.58. The van der Waals surface area contributed by atoms with E-state index in [1.165, 1.54) is 68.9 Å². The van der Waals surface area contributed by atoms with E-state index in [9.17, 15) is 20.1 Å². The molecule has 107 heavy (non-hydrogen) atoms. The van der Waals surface area contributed by atoms with E-state index < -0.39 is 55.7 Å². The van der Waals surface area contributed by atoms with Crippen LogP contribution in [-0.2, 0) is 56.8 Å². The van der Waals surface area contributed by atoms with E-state index in [0.29, 0.717) is 82.9 Å². The summed E-state index contributed by atoms with van der Waals surface area (Å²) in [6.07, 6.45) is 18.7. The first-order valence-electron chi connectivity index (χ1n) is 42.2. The van der Waals surface area contributed by atoms with Crippen LogP contribution in [0.1, 0.15) is 230 Å². The summed E-state index contributed by atoms with van der Waals surface area (Å²) in [5, 5.41) is 33.8. The summed E-state index contributed by atoms with van der Waals surface area (Å²) in [6, 6.07) is 25.5. The Morgan fingerprint density at radius 2 is 0.925 bits per heavy atom. The molecule has 8 aliphatic heterocycles. The van der Waals surface area contributed by atoms with Crippen molar-refractivity contribution < 1.29 is 77.0 Å². The van der Waals surface area contributed by atoms with Crippen molar-refractivity contribution in [2.45, 2.75) is 303 Å². The zero-order chi connectivity index (χ0) is 74.4. The maximum Gasteiger partial charge on any atom is 0.186 e. The summed E-state index contributed by atoms with van der Waals surface area (Å²) in [4.78, 5) is 10.6. The first-order chi connectivity index (χ1) is 51.3. The Morgan fingerprint density at radius 1 is 0.477 bits per heavy atom. The Labute approximate surface area is 637 Å². The maximum atomic E-state index is 11.4. The number of ketones is 1. The number of hydrogen-bond donors (Lipinski definition) is 3. The summed E-state index contributed by atoms with van der Waals surface area (Å²) in [7, 11) is 0. The minimum atomic E-state index is -1.19. The summed E-state index contributed by atoms with van der Waals surface area (Å²) in [5.41, 5.74) is 9.15. The molecule has 16 nitrogen and oxygen atoms in total. The Balaban J connectivity index is 0.000000141. The van der Waals surface area contributed by atoms with E-state index in [0.717, 1.165) is 111 Å². The average Bonchev–Trinajstić information content (AvgIpc) is 1.45. The summed E-state index contributed by atoms with van der Waals surface area (Å²) < 4.78 is 77.6. The highest BCUT2D eigenvalue weighted by atomic mass is 16.8. The smallest absolute Gasteiger partial charge is 0.186 e. The molecule has 14 fully saturated rings. The number of ether oxygens (including phenoxy) is 12. The predicted octanol–water partition coefficient (Wildman–Crippen LogP) is 16.4. The van der Waals surface area contributed by atoms with E-state index in [4.69, 9.17) is 56.8 Å². The van der Waals surface area contributed by atoms with Crippen LogP contribution in [0.4, 0.5) is 0 Å². The normalized spacial score (nSPS) is 49.8. The molecule has 0 bridgehead atoms. The maximum absolute atomic E-state index is 11.4. The molecule has 16 aliphatic rings. The number of carbonyl (C=O) groups excluding carboxylic acids is 1. The molecule has 8 saturated heterocycles. The van der Waals surface area contributed by atoms with E-state index in [-0.39, 0.29) is 65.1 Å². The highest BCUT2D eigenvalue weighted by molar-refractivity contribution is 5.93. The summed E-state index contributed by atoms with van der Waals surface area (Å²) in [6.45, 7) is 29.9. The van der Waals surface area contributed by atoms with Gasteiger partial charge in [-0.3, -0.25) is 4.79 Å². The highest BCUT2D eigenvalue weighted by Gasteiger charge is 2.71. The van der Waals surface area contributed by atoms with Crippen LogP contribution >= 0.6 is 0 Å². The van der Waals surface area contributed by atoms with Crippen molar-refractivity contribution in [2.24, 2.45) is 98.6 Å². The molecule has 2 spiro atoms. The number of allylic oxidation sites excluding steroid dienone is 2. The van der Waals surface area contributed by atoms with Crippen LogP contribution in [0.5, 0.6) is 0 Å². The van der Waals surface area contributed by atoms with Gasteiger partial charge in [0.2, 0.25) is 0 Å². The Morgan fingerprint density at radius 3 is 1.36 bits per heavy atom. The highest BCUT2D eigenvalue weighted by Crippen LogP contribution is 2.73. The minimum absolute atomic E-state index is 0.0494. The third-order valence-corrected chi connectivity index (χ3v) is 32.2. The second-order valence-electron chi connectivity index (χ2n) is 38.2. The molecule has 3 N–H and O–H groups in total. The van der Waals surface area contributed by atoms with Crippen molar-refractivity contribution in [2.75, 3.05) is 26.4 Å². The average molecular weight is 1480 g/mol. The number of hydrogen-bond acceptors (Lipinski definition) is 16. The first-order valence-corrected chi connectivity index (χ1v) is 42.2. The van der Waals surface area contributed by atoms with Crippen LogP contribution in [0, 0.1) is 112 Å². The largest absolute Gasteiger partial charge is 0.387 e. The standard InChI is InChI=1S/C42H60O7.C41H58O8.C8H8O/c1-23-7-9-27(10-8-23)38-44-22-34-37(48-38)25(3)36(43)39(47-34)46-29-14-16-40(5)28(19-29)11-12-30-31(40)15-17-41(6)32(30)20-33-35(41)26(4)42(49-33)18-13-24(2)21-45-42;1-22-6-8-25(9-7-22)37-44-21-32-36(48-37)34(42)35(43)38(47-32)46-27-13-15-39(4)26(18-27)10-11-28-29(39)14-16-40(5)30(28)19-31-33(40)24(3)41(49-31)17-12-23(2)20-45-41;1-7(9)8-5-3-2-4-6-8/h7-11,24-26,29-39,43H,12-22H2,1-6H3;6-10,23-24,27-38,42-43H,11-21H2,1-5H3;2-6H,1H3/t24-,25-,26+,29+,30-,31+,32+,33+,34?,35+,36?,37+,38?,39-,40+,41+,42-;23-,24+,27+,28-,29+,30+,31+,32?,33+,34-,35?,36-,37?,38-,39+,40+,41-;/m11./s1. The van der Waals surface area contributed by atoms with Crippen molar-refractivity contribution in [1.29, 1.82) is 0 Å². The van der Waals surface area contributed by atoms with Gasteiger partial charge in [0.1, 0.15) is 36.6 Å². The fourth-order valence-corrected chi connectivity index (χ4v) is 26.0. The lowest BCUT2D eigenvalue weighted by molar-refractivity contribution is -0.367. The molecule has 586 valence electrons. The molecule has 6 saturated carbocycles. The minimum Gasteiger partial charge on any atom is -0.387 e. The van der Waals surface area contributed by atoms with Crippen molar-refractivity contribution in [3.8, 4) is 0 Å². The molecule has 19 rings (SSSR count). The van der Waals surface area contributed by atoms with Crippen molar-refractivity contribution in [1.82, 2.24) is 0 Å². The van der Waals surface area contributed by atoms with Crippen molar-refractivity contribution >= 4 is 5.78 Å². The molecule has 34 atom stereocenters. The molecule has 0 aromatic heterocycles. The Kier molecular flexibility index (Phi) is 20.7. The number of benzene rings is 3. The van der Waals surface area contributed by atoms with Gasteiger partial charge in [-0.2, -0.15) is 0 Å². The monoisotopic (exact) mass is 1470 g/mol. The molecule has 0 radical (unpaired) electrons. The Hall–Kier alpha value is -3.79. The second kappa shape index (κ2) is 29.2. The van der Waals surface area contributed by atoms with Gasteiger partial charge in [0.05, 0.1) is 56.9 Å². The van der Waals surface area contributed by atoms with Gasteiger partial charge in [0, 0.05) is 47.3 Å². The Bertz CT molecular complexity index is 3480. The lowest BCUT2D eigenvalue weighted by atomic mass is 9.47. The lowest BCUT2D eigenvalue weighted by Crippen LogP contribution is -2.62. The number of aliphatic hydroxyl groups is 3. The van der Waals surface area contributed by atoms with Gasteiger partial charge < -0.3 is 72.2 Å². The van der Waals surface area contributed by atoms with Gasteiger partial charge in [-0.25, -0.2) is 0 Å². The van der Waals surface area contributed by atoms with Gasteiger partial charge in [0.15, 0.2) is 42.5 Å². The molecular formula is C91H126O16. The van der Waals surface area contributed by atoms with Gasteiger partial charge in [-0.1, -0.05) is 176 Å². The third kappa shape index (κ3) is 13.3. The topological polar surface area (TPSA) is 189 Å². The number of rotatable bonds is 7. The van der Waals surface area contributed by atoms with Gasteiger partial charge in [-0.05, 0) is 204 Å². The first kappa shape index (κ1) is 75.9. The van der Waals surface area contributed by atoms with Crippen LogP contribution in [0.15, 0.2) is 102 Å². The van der Waals surface area contributed by atoms with Crippen LogP contribution in [0.3, 0.4) is 0 Å².